The van der Waals surface area contributed by atoms with Crippen LogP contribution in [0.15, 0.2) is 15.8 Å². The Labute approximate surface area is 154 Å². The van der Waals surface area contributed by atoms with E-state index in [0.717, 1.165) is 0 Å². The van der Waals surface area contributed by atoms with E-state index >= 15 is 0 Å². The molecule has 0 bridgehead atoms. The highest BCUT2D eigenvalue weighted by atomic mass is 31.1. The third-order valence-electron chi connectivity index (χ3n) is 4.51. The van der Waals surface area contributed by atoms with Gasteiger partial charge in [0.25, 0.3) is 5.56 Å². The minimum absolute atomic E-state index is 0.0866. The molecule has 148 valence electrons. The monoisotopic (exact) mass is 388 g/mol. The van der Waals surface area contributed by atoms with Crippen LogP contribution in [-0.4, -0.2) is 39.6 Å². The second kappa shape index (κ2) is 9.24. The summed E-state index contributed by atoms with van der Waals surface area (Å²) in [5.74, 6) is 0.741. The van der Waals surface area contributed by atoms with E-state index in [4.69, 9.17) is 13.8 Å². The zero-order chi connectivity index (χ0) is 19.4. The van der Waals surface area contributed by atoms with Crippen LogP contribution in [0.25, 0.3) is 0 Å². The summed E-state index contributed by atoms with van der Waals surface area (Å²) in [4.78, 5) is 25.8. The maximum Gasteiger partial charge on any atom is 0.330 e. The van der Waals surface area contributed by atoms with Crippen LogP contribution in [0.2, 0.25) is 0 Å². The summed E-state index contributed by atoms with van der Waals surface area (Å²) >= 11 is 0. The standard InChI is InChI=1S/C17H29N2O6P/c1-9(2)15(10(3)4)25-26-24-12-6-14(23-13(12)8-20)19-7-11(5)16(21)18-17(19)22/h7,9-10,12-15,20,26H,6,8H2,1-5H3,(H,18,21,22)/t12?,13-,14-/m1/s1. The third-order valence-corrected chi connectivity index (χ3v) is 5.28. The normalized spacial score (nSPS) is 24.0. The van der Waals surface area contributed by atoms with Gasteiger partial charge in [-0.1, -0.05) is 27.7 Å². The van der Waals surface area contributed by atoms with Crippen molar-refractivity contribution in [3.8, 4) is 0 Å². The maximum atomic E-state index is 12.0. The van der Waals surface area contributed by atoms with Crippen LogP contribution in [0.4, 0.5) is 0 Å². The summed E-state index contributed by atoms with van der Waals surface area (Å²) in [7, 11) is -0.175. The second-order valence-electron chi connectivity index (χ2n) is 7.34. The molecular formula is C17H29N2O6P. The highest BCUT2D eigenvalue weighted by molar-refractivity contribution is 7.26. The predicted molar refractivity (Wildman–Crippen MR) is 99.4 cm³/mol. The molecular weight excluding hydrogens is 359 g/mol. The molecule has 26 heavy (non-hydrogen) atoms. The molecule has 2 rings (SSSR count). The van der Waals surface area contributed by atoms with Crippen molar-refractivity contribution in [2.45, 2.75) is 65.6 Å². The Bertz CT molecular complexity index is 693. The van der Waals surface area contributed by atoms with E-state index in [2.05, 4.69) is 32.7 Å². The molecule has 0 spiro atoms. The van der Waals surface area contributed by atoms with Crippen molar-refractivity contribution in [2.75, 3.05) is 6.61 Å². The molecule has 1 saturated heterocycles. The van der Waals surface area contributed by atoms with Crippen molar-refractivity contribution in [3.63, 3.8) is 0 Å². The highest BCUT2D eigenvalue weighted by Crippen LogP contribution is 2.35. The quantitative estimate of drug-likeness (QED) is 0.658. The average molecular weight is 388 g/mol. The van der Waals surface area contributed by atoms with Gasteiger partial charge in [-0.05, 0) is 18.8 Å². The molecule has 0 saturated carbocycles. The number of aromatic nitrogens is 2. The molecule has 0 aliphatic carbocycles. The molecule has 0 aromatic carbocycles. The number of H-pyrrole nitrogens is 1. The van der Waals surface area contributed by atoms with E-state index in [1.165, 1.54) is 10.8 Å². The number of hydrogen-bond donors (Lipinski definition) is 2. The summed E-state index contributed by atoms with van der Waals surface area (Å²) < 4.78 is 18.8. The minimum atomic E-state index is -0.601. The van der Waals surface area contributed by atoms with Gasteiger partial charge in [-0.2, -0.15) is 0 Å². The molecule has 9 heteroatoms. The van der Waals surface area contributed by atoms with Crippen molar-refractivity contribution in [2.24, 2.45) is 11.8 Å². The smallest absolute Gasteiger partial charge is 0.330 e. The van der Waals surface area contributed by atoms with E-state index in [-0.39, 0.29) is 27.8 Å². The number of aliphatic hydroxyl groups is 1. The number of aryl methyl sites for hydroxylation is 1. The van der Waals surface area contributed by atoms with Crippen molar-refractivity contribution in [3.05, 3.63) is 32.6 Å². The van der Waals surface area contributed by atoms with E-state index in [1.807, 2.05) is 0 Å². The Morgan fingerprint density at radius 1 is 1.35 bits per heavy atom. The van der Waals surface area contributed by atoms with Gasteiger partial charge in [0.1, 0.15) is 12.3 Å². The first-order valence-corrected chi connectivity index (χ1v) is 9.70. The lowest BCUT2D eigenvalue weighted by molar-refractivity contribution is -0.0427. The number of ether oxygens (including phenoxy) is 1. The highest BCUT2D eigenvalue weighted by Gasteiger charge is 2.37. The molecule has 2 unspecified atom stereocenters. The van der Waals surface area contributed by atoms with Crippen LogP contribution >= 0.6 is 9.03 Å². The first-order valence-electron chi connectivity index (χ1n) is 8.89. The Hall–Kier alpha value is -1.05. The van der Waals surface area contributed by atoms with Gasteiger partial charge in [0.15, 0.2) is 9.03 Å². The Kier molecular flexibility index (Phi) is 7.55. The van der Waals surface area contributed by atoms with Crippen molar-refractivity contribution >= 4 is 9.03 Å². The molecule has 1 aromatic rings. The average Bonchev–Trinajstić information content (AvgIpc) is 2.97. The van der Waals surface area contributed by atoms with Crippen molar-refractivity contribution in [1.82, 2.24) is 9.55 Å². The van der Waals surface area contributed by atoms with Gasteiger partial charge in [-0.3, -0.25) is 14.3 Å². The number of aliphatic hydroxyl groups excluding tert-OH is 1. The number of aromatic amines is 1. The SMILES string of the molecule is Cc1cn([C@H]2CC(OPOC(C(C)C)C(C)C)[C@@H](CO)O2)c(=O)[nH]c1=O. The molecule has 0 radical (unpaired) electrons. The number of nitrogens with zero attached hydrogens (tertiary/aromatic N) is 1. The summed E-state index contributed by atoms with van der Waals surface area (Å²) in [6, 6.07) is 0. The number of hydrogen-bond acceptors (Lipinski definition) is 6. The number of nitrogens with one attached hydrogen (secondary N) is 1. The lowest BCUT2D eigenvalue weighted by Gasteiger charge is -2.25. The first-order chi connectivity index (χ1) is 12.2. The van der Waals surface area contributed by atoms with Crippen molar-refractivity contribution in [1.29, 1.82) is 0 Å². The lowest BCUT2D eigenvalue weighted by atomic mass is 9.97. The first kappa shape index (κ1) is 21.3. The van der Waals surface area contributed by atoms with Crippen molar-refractivity contribution < 1.29 is 18.9 Å². The summed E-state index contributed by atoms with van der Waals surface area (Å²) in [5, 5.41) is 9.57. The fourth-order valence-electron chi connectivity index (χ4n) is 3.15. The molecule has 1 aromatic heterocycles. The molecule has 0 amide bonds. The van der Waals surface area contributed by atoms with Gasteiger partial charge in [-0.25, -0.2) is 4.79 Å². The second-order valence-corrected chi connectivity index (χ2v) is 7.97. The van der Waals surface area contributed by atoms with Crippen LogP contribution in [-0.2, 0) is 13.8 Å². The zero-order valence-electron chi connectivity index (χ0n) is 15.9. The lowest BCUT2D eigenvalue weighted by Crippen LogP contribution is -2.33. The molecule has 8 nitrogen and oxygen atoms in total. The van der Waals surface area contributed by atoms with Gasteiger partial charge in [0.05, 0.1) is 18.8 Å². The summed E-state index contributed by atoms with van der Waals surface area (Å²) in [6.45, 7) is 9.81. The van der Waals surface area contributed by atoms with Crippen LogP contribution in [0.5, 0.6) is 0 Å². The molecule has 1 aliphatic rings. The van der Waals surface area contributed by atoms with Gasteiger partial charge >= 0.3 is 5.69 Å². The number of rotatable bonds is 8. The summed E-state index contributed by atoms with van der Waals surface area (Å²) in [6.07, 6.45) is 0.407. The van der Waals surface area contributed by atoms with Crippen LogP contribution < -0.4 is 11.2 Å². The fraction of sp³-hybridized carbons (Fsp3) is 0.765. The summed E-state index contributed by atoms with van der Waals surface area (Å²) in [5.41, 5.74) is -0.541. The van der Waals surface area contributed by atoms with Crippen LogP contribution in [0.3, 0.4) is 0 Å². The maximum absolute atomic E-state index is 12.0. The van der Waals surface area contributed by atoms with E-state index in [1.54, 1.807) is 6.92 Å². The Morgan fingerprint density at radius 3 is 2.58 bits per heavy atom. The van der Waals surface area contributed by atoms with Gasteiger partial charge in [0, 0.05) is 18.2 Å². The van der Waals surface area contributed by atoms with Crippen LogP contribution in [0, 0.1) is 18.8 Å². The largest absolute Gasteiger partial charge is 0.394 e. The molecule has 2 N–H and O–H groups in total. The molecule has 1 fully saturated rings. The molecule has 2 heterocycles. The third kappa shape index (κ3) is 5.02. The van der Waals surface area contributed by atoms with Gasteiger partial charge < -0.3 is 18.9 Å². The minimum Gasteiger partial charge on any atom is -0.394 e. The molecule has 1 aliphatic heterocycles. The topological polar surface area (TPSA) is 103 Å². The van der Waals surface area contributed by atoms with E-state index in [0.29, 0.717) is 23.8 Å². The predicted octanol–water partition coefficient (Wildman–Crippen LogP) is 1.72. The fourth-order valence-corrected chi connectivity index (χ4v) is 4.23. The Balaban J connectivity index is 2.02. The van der Waals surface area contributed by atoms with E-state index < -0.39 is 23.6 Å². The molecule has 4 atom stereocenters. The van der Waals surface area contributed by atoms with E-state index in [9.17, 15) is 14.7 Å². The van der Waals surface area contributed by atoms with Gasteiger partial charge in [-0.15, -0.1) is 0 Å². The van der Waals surface area contributed by atoms with Crippen LogP contribution in [0.1, 0.15) is 45.9 Å². The van der Waals surface area contributed by atoms with Gasteiger partial charge in [0.2, 0.25) is 0 Å². The zero-order valence-corrected chi connectivity index (χ0v) is 16.9. The Morgan fingerprint density at radius 2 is 2.00 bits per heavy atom.